The summed E-state index contributed by atoms with van der Waals surface area (Å²) in [6, 6.07) is 25.3. The number of rotatable bonds is 8. The van der Waals surface area contributed by atoms with E-state index in [1.807, 2.05) is 23.9 Å². The molecule has 1 aromatic heterocycles. The van der Waals surface area contributed by atoms with E-state index < -0.39 is 0 Å². The van der Waals surface area contributed by atoms with Crippen LogP contribution in [0.2, 0.25) is 5.02 Å². The normalized spacial score (nSPS) is 11.2. The fourth-order valence-corrected chi connectivity index (χ4v) is 4.47. The van der Waals surface area contributed by atoms with Crippen molar-refractivity contribution in [1.82, 2.24) is 9.55 Å². The Morgan fingerprint density at radius 2 is 1.76 bits per heavy atom. The Labute approximate surface area is 181 Å². The molecule has 0 amide bonds. The van der Waals surface area contributed by atoms with Gasteiger partial charge < -0.3 is 4.57 Å². The Balaban J connectivity index is 1.68. The first kappa shape index (κ1) is 20.1. The fraction of sp³-hybridized carbons (Fsp3) is 0.240. The highest BCUT2D eigenvalue weighted by Gasteiger charge is 2.13. The predicted octanol–water partition coefficient (Wildman–Crippen LogP) is 7.49. The van der Waals surface area contributed by atoms with Crippen LogP contribution in [0.4, 0.5) is 0 Å². The Morgan fingerprint density at radius 3 is 2.52 bits per heavy atom. The van der Waals surface area contributed by atoms with E-state index in [9.17, 15) is 0 Å². The predicted molar refractivity (Wildman–Crippen MR) is 126 cm³/mol. The number of thioether (sulfide) groups is 1. The van der Waals surface area contributed by atoms with Crippen molar-refractivity contribution in [1.29, 1.82) is 0 Å². The van der Waals surface area contributed by atoms with Gasteiger partial charge in [0, 0.05) is 22.0 Å². The van der Waals surface area contributed by atoms with E-state index >= 15 is 0 Å². The maximum atomic E-state index is 6.11. The van der Waals surface area contributed by atoms with Crippen LogP contribution in [0.1, 0.15) is 25.3 Å². The van der Waals surface area contributed by atoms with Gasteiger partial charge >= 0.3 is 0 Å². The van der Waals surface area contributed by atoms with Crippen molar-refractivity contribution in [3.8, 4) is 11.4 Å². The minimum atomic E-state index is 0.749. The Morgan fingerprint density at radius 1 is 0.966 bits per heavy atom. The van der Waals surface area contributed by atoms with Crippen LogP contribution in [0.3, 0.4) is 0 Å². The Bertz CT molecular complexity index is 1070. The number of hydrogen-bond donors (Lipinski definition) is 0. The Kier molecular flexibility index (Phi) is 6.58. The van der Waals surface area contributed by atoms with Crippen molar-refractivity contribution in [2.45, 2.75) is 37.6 Å². The second kappa shape index (κ2) is 9.51. The number of halogens is 1. The average molecular weight is 421 g/mol. The lowest BCUT2D eigenvalue weighted by Gasteiger charge is -2.10. The molecule has 148 valence electrons. The molecule has 4 heteroatoms. The lowest BCUT2D eigenvalue weighted by Crippen LogP contribution is -2.02. The third-order valence-corrected chi connectivity index (χ3v) is 6.44. The molecular weight excluding hydrogens is 396 g/mol. The van der Waals surface area contributed by atoms with Gasteiger partial charge in [-0.3, -0.25) is 0 Å². The average Bonchev–Trinajstić information content (AvgIpc) is 3.11. The largest absolute Gasteiger partial charge is 0.324 e. The van der Waals surface area contributed by atoms with E-state index in [1.165, 1.54) is 22.4 Å². The summed E-state index contributed by atoms with van der Waals surface area (Å²) >= 11 is 8.02. The molecule has 0 radical (unpaired) electrons. The van der Waals surface area contributed by atoms with Crippen molar-refractivity contribution in [3.05, 3.63) is 83.4 Å². The lowest BCUT2D eigenvalue weighted by atomic mass is 10.1. The molecule has 0 aliphatic heterocycles. The zero-order valence-electron chi connectivity index (χ0n) is 16.6. The lowest BCUT2D eigenvalue weighted by molar-refractivity contribution is 0.662. The fourth-order valence-electron chi connectivity index (χ4n) is 3.54. The second-order valence-electron chi connectivity index (χ2n) is 7.18. The molecule has 0 bridgehead atoms. The monoisotopic (exact) mass is 420 g/mol. The van der Waals surface area contributed by atoms with Crippen molar-refractivity contribution in [2.24, 2.45) is 0 Å². The molecule has 0 spiro atoms. The first-order chi connectivity index (χ1) is 14.2. The van der Waals surface area contributed by atoms with Gasteiger partial charge in [-0.25, -0.2) is 4.98 Å². The number of fused-ring (bicyclic) bond motifs is 1. The zero-order valence-corrected chi connectivity index (χ0v) is 18.2. The molecule has 0 unspecified atom stereocenters. The number of aromatic nitrogens is 2. The van der Waals surface area contributed by atoms with Gasteiger partial charge in [-0.2, -0.15) is 0 Å². The Hall–Kier alpha value is -2.23. The highest BCUT2D eigenvalue weighted by Crippen LogP contribution is 2.30. The molecule has 4 rings (SSSR count). The van der Waals surface area contributed by atoms with E-state index in [1.54, 1.807) is 0 Å². The number of hydrogen-bond acceptors (Lipinski definition) is 2. The van der Waals surface area contributed by atoms with Gasteiger partial charge in [0.2, 0.25) is 0 Å². The van der Waals surface area contributed by atoms with Crippen molar-refractivity contribution in [3.63, 3.8) is 0 Å². The smallest absolute Gasteiger partial charge is 0.141 e. The van der Waals surface area contributed by atoms with Crippen LogP contribution in [0, 0.1) is 0 Å². The van der Waals surface area contributed by atoms with Crippen molar-refractivity contribution >= 4 is 34.4 Å². The minimum Gasteiger partial charge on any atom is -0.324 e. The quantitative estimate of drug-likeness (QED) is 0.275. The van der Waals surface area contributed by atoms with Crippen LogP contribution >= 0.6 is 23.4 Å². The molecule has 0 aliphatic rings. The van der Waals surface area contributed by atoms with Crippen LogP contribution in [-0.4, -0.2) is 15.3 Å². The number of nitrogens with zero attached hydrogens (tertiary/aromatic N) is 2. The summed E-state index contributed by atoms with van der Waals surface area (Å²) in [6.07, 6.45) is 3.31. The molecular formula is C25H25ClN2S. The molecule has 0 atom stereocenters. The topological polar surface area (TPSA) is 17.8 Å². The summed E-state index contributed by atoms with van der Waals surface area (Å²) in [5.41, 5.74) is 4.75. The van der Waals surface area contributed by atoms with E-state index in [2.05, 4.69) is 72.2 Å². The van der Waals surface area contributed by atoms with E-state index in [0.29, 0.717) is 0 Å². The maximum absolute atomic E-state index is 6.11. The van der Waals surface area contributed by atoms with Gasteiger partial charge in [0.15, 0.2) is 0 Å². The highest BCUT2D eigenvalue weighted by atomic mass is 35.5. The van der Waals surface area contributed by atoms with Crippen molar-refractivity contribution < 1.29 is 0 Å². The minimum absolute atomic E-state index is 0.749. The first-order valence-corrected chi connectivity index (χ1v) is 11.5. The SMILES string of the molecule is CCCSc1ccc2nc(-c3ccc(Cl)cc3)n(CCCc3ccccc3)c2c1. The summed E-state index contributed by atoms with van der Waals surface area (Å²) in [4.78, 5) is 6.28. The third-order valence-electron chi connectivity index (χ3n) is 4.98. The summed E-state index contributed by atoms with van der Waals surface area (Å²) in [5.74, 6) is 2.15. The maximum Gasteiger partial charge on any atom is 0.141 e. The third kappa shape index (κ3) is 4.85. The van der Waals surface area contributed by atoms with Gasteiger partial charge in [-0.15, -0.1) is 11.8 Å². The molecule has 0 aliphatic carbocycles. The summed E-state index contributed by atoms with van der Waals surface area (Å²) in [5, 5.41) is 0.749. The van der Waals surface area contributed by atoms with Crippen LogP contribution < -0.4 is 0 Å². The van der Waals surface area contributed by atoms with Gasteiger partial charge in [-0.05, 0) is 73.0 Å². The molecule has 3 aromatic carbocycles. The standard InChI is InChI=1S/C25H25ClN2S/c1-2-17-29-22-14-15-23-24(18-22)28(16-6-9-19-7-4-3-5-8-19)25(27-23)20-10-12-21(26)13-11-20/h3-5,7-8,10-15,18H,2,6,9,16-17H2,1H3. The number of imidazole rings is 1. The molecule has 2 nitrogen and oxygen atoms in total. The summed E-state index contributed by atoms with van der Waals surface area (Å²) in [7, 11) is 0. The van der Waals surface area contributed by atoms with Crippen LogP contribution in [0.15, 0.2) is 77.7 Å². The molecule has 29 heavy (non-hydrogen) atoms. The van der Waals surface area contributed by atoms with Crippen LogP contribution in [0.5, 0.6) is 0 Å². The summed E-state index contributed by atoms with van der Waals surface area (Å²) < 4.78 is 2.37. The molecule has 0 fully saturated rings. The van der Waals surface area contributed by atoms with E-state index in [0.717, 1.165) is 47.1 Å². The second-order valence-corrected chi connectivity index (χ2v) is 8.79. The van der Waals surface area contributed by atoms with E-state index in [4.69, 9.17) is 16.6 Å². The molecule has 0 N–H and O–H groups in total. The molecule has 0 saturated heterocycles. The van der Waals surface area contributed by atoms with Gasteiger partial charge in [0.1, 0.15) is 5.82 Å². The molecule has 0 saturated carbocycles. The van der Waals surface area contributed by atoms with E-state index in [-0.39, 0.29) is 0 Å². The summed E-state index contributed by atoms with van der Waals surface area (Å²) in [6.45, 7) is 3.16. The van der Waals surface area contributed by atoms with Gasteiger partial charge in [0.25, 0.3) is 0 Å². The van der Waals surface area contributed by atoms with Gasteiger partial charge in [-0.1, -0.05) is 48.9 Å². The molecule has 4 aromatic rings. The highest BCUT2D eigenvalue weighted by molar-refractivity contribution is 7.99. The van der Waals surface area contributed by atoms with Crippen LogP contribution in [-0.2, 0) is 13.0 Å². The van der Waals surface area contributed by atoms with Crippen LogP contribution in [0.25, 0.3) is 22.4 Å². The molecule has 1 heterocycles. The zero-order chi connectivity index (χ0) is 20.1. The number of aryl methyl sites for hydroxylation is 2. The number of benzene rings is 3. The first-order valence-electron chi connectivity index (χ1n) is 10.2. The van der Waals surface area contributed by atoms with Gasteiger partial charge in [0.05, 0.1) is 11.0 Å². The van der Waals surface area contributed by atoms with Crippen molar-refractivity contribution in [2.75, 3.05) is 5.75 Å².